The molecule has 3 heteroatoms. The summed E-state index contributed by atoms with van der Waals surface area (Å²) in [5.74, 6) is 0.0760. The average molecular weight is 390 g/mol. The number of carbonyl (C=O) groups is 1. The molecule has 0 aliphatic rings. The van der Waals surface area contributed by atoms with E-state index in [2.05, 4.69) is 51.1 Å². The lowest BCUT2D eigenvalue weighted by Crippen LogP contribution is -2.30. The van der Waals surface area contributed by atoms with Crippen LogP contribution in [0, 0.1) is 0 Å². The first-order valence-electron chi connectivity index (χ1n) is 10.4. The summed E-state index contributed by atoms with van der Waals surface area (Å²) in [6, 6.07) is 20.6. The van der Waals surface area contributed by atoms with E-state index in [9.17, 15) is 4.79 Å². The van der Waals surface area contributed by atoms with E-state index in [0.717, 1.165) is 33.0 Å². The zero-order valence-corrected chi connectivity index (χ0v) is 18.2. The molecule has 0 atom stereocenters. The number of hydrogen-bond donors (Lipinski definition) is 0. The Balaban J connectivity index is 2.14. The smallest absolute Gasteiger partial charge is 0.254 e. The Morgan fingerprint density at radius 3 is 2.34 bits per heavy atom. The van der Waals surface area contributed by atoms with Crippen LogP contribution < -0.4 is 0 Å². The first-order valence-corrected chi connectivity index (χ1v) is 10.4. The molecule has 0 spiro atoms. The second kappa shape index (κ2) is 8.79. The summed E-state index contributed by atoms with van der Waals surface area (Å²) in [6.07, 6.45) is 0. The maximum atomic E-state index is 13.3. The van der Waals surface area contributed by atoms with Gasteiger partial charge in [0, 0.05) is 24.2 Å². The minimum Gasteiger partial charge on any atom is -0.371 e. The minimum atomic E-state index is -0.195. The molecule has 1 amide bonds. The summed E-state index contributed by atoms with van der Waals surface area (Å²) in [6.45, 7) is 12.1. The molecule has 0 fully saturated rings. The molecule has 3 rings (SSSR count). The Hall–Kier alpha value is -2.65. The number of ether oxygens (including phenoxy) is 1. The van der Waals surface area contributed by atoms with Gasteiger partial charge in [-0.05, 0) is 68.7 Å². The number of benzene rings is 3. The lowest BCUT2D eigenvalue weighted by atomic mass is 9.91. The highest BCUT2D eigenvalue weighted by Gasteiger charge is 2.20. The van der Waals surface area contributed by atoms with Crippen LogP contribution in [0.1, 0.15) is 50.5 Å². The van der Waals surface area contributed by atoms with E-state index in [1.807, 2.05) is 49.1 Å². The SMILES string of the molecule is CCN(CC)C(=O)c1ccc2ccccc2c1-c1cccc(COC(C)(C)C)c1. The van der Waals surface area contributed by atoms with Gasteiger partial charge in [0.2, 0.25) is 0 Å². The summed E-state index contributed by atoms with van der Waals surface area (Å²) >= 11 is 0. The molecule has 0 heterocycles. The van der Waals surface area contributed by atoms with Crippen LogP contribution in [-0.4, -0.2) is 29.5 Å². The zero-order chi connectivity index (χ0) is 21.0. The molecule has 29 heavy (non-hydrogen) atoms. The monoisotopic (exact) mass is 389 g/mol. The third-order valence-corrected chi connectivity index (χ3v) is 5.10. The Labute approximate surface area is 174 Å². The Kier molecular flexibility index (Phi) is 6.39. The van der Waals surface area contributed by atoms with E-state index in [1.54, 1.807) is 0 Å². The predicted octanol–water partition coefficient (Wildman–Crippen LogP) is 6.30. The van der Waals surface area contributed by atoms with E-state index >= 15 is 0 Å². The molecule has 0 saturated heterocycles. The Morgan fingerprint density at radius 1 is 0.931 bits per heavy atom. The molecule has 0 radical (unpaired) electrons. The number of fused-ring (bicyclic) bond motifs is 1. The molecule has 0 saturated carbocycles. The maximum absolute atomic E-state index is 13.3. The molecule has 0 N–H and O–H groups in total. The van der Waals surface area contributed by atoms with Crippen LogP contribution >= 0.6 is 0 Å². The van der Waals surface area contributed by atoms with Crippen LogP contribution in [-0.2, 0) is 11.3 Å². The van der Waals surface area contributed by atoms with Crippen molar-refractivity contribution in [2.24, 2.45) is 0 Å². The molecular weight excluding hydrogens is 358 g/mol. The number of carbonyl (C=O) groups excluding carboxylic acids is 1. The standard InChI is InChI=1S/C26H31NO2/c1-6-27(7-2)25(28)23-16-15-20-12-8-9-14-22(20)24(23)21-13-10-11-19(17-21)18-29-26(3,4)5/h8-17H,6-7,18H2,1-5H3. The van der Waals surface area contributed by atoms with E-state index in [0.29, 0.717) is 19.7 Å². The topological polar surface area (TPSA) is 29.5 Å². The lowest BCUT2D eigenvalue weighted by molar-refractivity contribution is -0.0149. The largest absolute Gasteiger partial charge is 0.371 e. The third kappa shape index (κ3) is 4.86. The van der Waals surface area contributed by atoms with Gasteiger partial charge in [0.15, 0.2) is 0 Å². The number of amides is 1. The van der Waals surface area contributed by atoms with Gasteiger partial charge in [-0.3, -0.25) is 4.79 Å². The molecular formula is C26H31NO2. The quantitative estimate of drug-likeness (QED) is 0.495. The van der Waals surface area contributed by atoms with Gasteiger partial charge in [0.25, 0.3) is 5.91 Å². The first-order chi connectivity index (χ1) is 13.8. The van der Waals surface area contributed by atoms with Gasteiger partial charge in [-0.2, -0.15) is 0 Å². The van der Waals surface area contributed by atoms with Crippen LogP contribution in [0.4, 0.5) is 0 Å². The molecule has 152 valence electrons. The summed E-state index contributed by atoms with van der Waals surface area (Å²) in [4.78, 5) is 15.2. The van der Waals surface area contributed by atoms with E-state index in [-0.39, 0.29) is 11.5 Å². The highest BCUT2D eigenvalue weighted by Crippen LogP contribution is 2.34. The summed E-state index contributed by atoms with van der Waals surface area (Å²) in [7, 11) is 0. The third-order valence-electron chi connectivity index (χ3n) is 5.10. The molecule has 3 aromatic rings. The molecule has 0 bridgehead atoms. The highest BCUT2D eigenvalue weighted by atomic mass is 16.5. The van der Waals surface area contributed by atoms with Crippen LogP contribution in [0.3, 0.4) is 0 Å². The van der Waals surface area contributed by atoms with Crippen molar-refractivity contribution in [3.05, 3.63) is 71.8 Å². The summed E-state index contributed by atoms with van der Waals surface area (Å²) in [5, 5.41) is 2.23. The van der Waals surface area contributed by atoms with Gasteiger partial charge in [0.1, 0.15) is 0 Å². The molecule has 0 aliphatic carbocycles. The van der Waals surface area contributed by atoms with Gasteiger partial charge in [0.05, 0.1) is 12.2 Å². The molecule has 0 aliphatic heterocycles. The molecule has 0 aromatic heterocycles. The maximum Gasteiger partial charge on any atom is 0.254 e. The lowest BCUT2D eigenvalue weighted by Gasteiger charge is -2.22. The fourth-order valence-electron chi connectivity index (χ4n) is 3.56. The minimum absolute atomic E-state index is 0.0760. The van der Waals surface area contributed by atoms with E-state index < -0.39 is 0 Å². The van der Waals surface area contributed by atoms with Gasteiger partial charge in [-0.1, -0.05) is 48.5 Å². The number of hydrogen-bond acceptors (Lipinski definition) is 2. The molecule has 3 aromatic carbocycles. The number of nitrogens with zero attached hydrogens (tertiary/aromatic N) is 1. The van der Waals surface area contributed by atoms with Crippen molar-refractivity contribution in [1.29, 1.82) is 0 Å². The van der Waals surface area contributed by atoms with Gasteiger partial charge >= 0.3 is 0 Å². The second-order valence-corrected chi connectivity index (χ2v) is 8.29. The van der Waals surface area contributed by atoms with Crippen molar-refractivity contribution in [2.45, 2.75) is 46.8 Å². The van der Waals surface area contributed by atoms with Crippen LogP contribution in [0.15, 0.2) is 60.7 Å². The Morgan fingerprint density at radius 2 is 1.66 bits per heavy atom. The van der Waals surface area contributed by atoms with Crippen LogP contribution in [0.25, 0.3) is 21.9 Å². The van der Waals surface area contributed by atoms with E-state index in [4.69, 9.17) is 4.74 Å². The predicted molar refractivity (Wildman–Crippen MR) is 121 cm³/mol. The van der Waals surface area contributed by atoms with Crippen molar-refractivity contribution in [1.82, 2.24) is 4.90 Å². The van der Waals surface area contributed by atoms with Crippen molar-refractivity contribution in [3.63, 3.8) is 0 Å². The Bertz CT molecular complexity index is 997. The zero-order valence-electron chi connectivity index (χ0n) is 18.2. The number of rotatable bonds is 6. The van der Waals surface area contributed by atoms with Crippen LogP contribution in [0.5, 0.6) is 0 Å². The van der Waals surface area contributed by atoms with Gasteiger partial charge < -0.3 is 9.64 Å². The molecule has 3 nitrogen and oxygen atoms in total. The molecule has 0 unspecified atom stereocenters. The fraction of sp³-hybridized carbons (Fsp3) is 0.346. The van der Waals surface area contributed by atoms with E-state index in [1.165, 1.54) is 0 Å². The first kappa shape index (κ1) is 21.1. The normalized spacial score (nSPS) is 11.6. The van der Waals surface area contributed by atoms with Gasteiger partial charge in [-0.25, -0.2) is 0 Å². The average Bonchev–Trinajstić information content (AvgIpc) is 2.72. The van der Waals surface area contributed by atoms with Crippen molar-refractivity contribution < 1.29 is 9.53 Å². The van der Waals surface area contributed by atoms with Crippen molar-refractivity contribution in [3.8, 4) is 11.1 Å². The highest BCUT2D eigenvalue weighted by molar-refractivity contribution is 6.10. The van der Waals surface area contributed by atoms with Crippen molar-refractivity contribution in [2.75, 3.05) is 13.1 Å². The summed E-state index contributed by atoms with van der Waals surface area (Å²) in [5.41, 5.74) is 3.71. The summed E-state index contributed by atoms with van der Waals surface area (Å²) < 4.78 is 5.97. The van der Waals surface area contributed by atoms with Crippen LogP contribution in [0.2, 0.25) is 0 Å². The second-order valence-electron chi connectivity index (χ2n) is 8.29. The van der Waals surface area contributed by atoms with Gasteiger partial charge in [-0.15, -0.1) is 0 Å². The fourth-order valence-corrected chi connectivity index (χ4v) is 3.56. The van der Waals surface area contributed by atoms with Crippen molar-refractivity contribution >= 4 is 16.7 Å².